The SMILES string of the molecule is C.C.C.C.CC(C)C(=O)CCCN1C(=N)N(C)CC1=O.CC(C)C(=O)c1ccc(CN2C(=N)N(C)CC2=O)cc1.CC(C)NCNC(=O)CCCN1C(=N)N(C)CC1=O. The van der Waals surface area contributed by atoms with Gasteiger partial charge in [-0.05, 0) is 32.3 Å². The second-order valence-electron chi connectivity index (χ2n) is 14.8. The van der Waals surface area contributed by atoms with Gasteiger partial charge in [-0.1, -0.05) is 81.7 Å². The zero-order valence-corrected chi connectivity index (χ0v) is 34.0. The van der Waals surface area contributed by atoms with Crippen molar-refractivity contribution in [3.8, 4) is 0 Å². The molecule has 1 aromatic carbocycles. The van der Waals surface area contributed by atoms with Crippen LogP contribution in [0.4, 0.5) is 0 Å². The molecule has 0 bridgehead atoms. The molecule has 3 heterocycles. The number of Topliss-reactive ketones (excluding diaryl/α,β-unsaturated/α-hetero) is 2. The zero-order chi connectivity index (χ0) is 41.6. The fourth-order valence-corrected chi connectivity index (χ4v) is 5.52. The summed E-state index contributed by atoms with van der Waals surface area (Å²) in [6, 6.07) is 7.58. The van der Waals surface area contributed by atoms with Crippen molar-refractivity contribution in [3.63, 3.8) is 0 Å². The van der Waals surface area contributed by atoms with Crippen molar-refractivity contribution < 1.29 is 28.8 Å². The number of likely N-dealkylation sites (N-methyl/N-ethyl adjacent to an activating group) is 3. The van der Waals surface area contributed by atoms with E-state index < -0.39 is 0 Å². The van der Waals surface area contributed by atoms with E-state index in [1.807, 2.05) is 53.7 Å². The van der Waals surface area contributed by atoms with E-state index in [0.717, 1.165) is 5.56 Å². The van der Waals surface area contributed by atoms with Crippen molar-refractivity contribution in [3.05, 3.63) is 35.4 Å². The van der Waals surface area contributed by atoms with Gasteiger partial charge in [-0.3, -0.25) is 65.0 Å². The number of carbonyl (C=O) groups excluding carboxylic acids is 6. The zero-order valence-electron chi connectivity index (χ0n) is 34.0. The molecule has 336 valence electrons. The molecule has 5 N–H and O–H groups in total. The Bertz CT molecular complexity index is 1580. The predicted molar refractivity (Wildman–Crippen MR) is 237 cm³/mol. The van der Waals surface area contributed by atoms with Crippen LogP contribution in [0.2, 0.25) is 0 Å². The summed E-state index contributed by atoms with van der Waals surface area (Å²) in [5.41, 5.74) is 1.60. The highest BCUT2D eigenvalue weighted by Gasteiger charge is 2.32. The summed E-state index contributed by atoms with van der Waals surface area (Å²) in [5.74, 6) is 0.789. The first kappa shape index (κ1) is 58.1. The first-order valence-corrected chi connectivity index (χ1v) is 18.7. The highest BCUT2D eigenvalue weighted by Crippen LogP contribution is 2.15. The molecule has 17 heteroatoms. The Morgan fingerprint density at radius 3 is 1.39 bits per heavy atom. The highest BCUT2D eigenvalue weighted by atomic mass is 16.2. The van der Waals surface area contributed by atoms with Gasteiger partial charge in [0.25, 0.3) is 0 Å². The molecule has 59 heavy (non-hydrogen) atoms. The molecule has 1 aromatic rings. The lowest BCUT2D eigenvalue weighted by molar-refractivity contribution is -0.126. The molecule has 3 saturated heterocycles. The van der Waals surface area contributed by atoms with Crippen LogP contribution in [0.5, 0.6) is 0 Å². The Labute approximate surface area is 354 Å². The standard InChI is InChI=1S/C15H19N3O2.C12H23N5O2.C11H19N3O2.4CH4/c1-10(2)14(20)12-6-4-11(5-7-12)8-18-13(19)9-17(3)15(18)16;1-9(2)14-8-15-10(18)5-4-6-17-11(19)7-16(3)12(17)13;1-8(2)9(15)5-4-6-14-10(16)7-13(3)11(14)12;;;;/h4-7,10,16H,8-9H2,1-3H3;9,13-14H,4-8H2,1-3H3,(H,15,18);8,12H,4-7H2,1-3H3;4*1H4. The molecular weight excluding hydrogens is 755 g/mol. The largest absolute Gasteiger partial charge is 0.344 e. The van der Waals surface area contributed by atoms with Crippen molar-refractivity contribution in [2.45, 2.75) is 110 Å². The first-order valence-electron chi connectivity index (χ1n) is 18.7. The average molecular weight is 832 g/mol. The molecule has 0 radical (unpaired) electrons. The van der Waals surface area contributed by atoms with Crippen LogP contribution >= 0.6 is 0 Å². The fraction of sp³-hybridized carbons (Fsp3) is 0.643. The highest BCUT2D eigenvalue weighted by molar-refractivity contribution is 6.04. The molecule has 0 saturated carbocycles. The first-order chi connectivity index (χ1) is 25.7. The summed E-state index contributed by atoms with van der Waals surface area (Å²) in [6.07, 6.45) is 2.05. The molecule has 3 aliphatic rings. The van der Waals surface area contributed by atoms with Gasteiger partial charge in [0.2, 0.25) is 41.5 Å². The van der Waals surface area contributed by atoms with E-state index in [-0.39, 0.29) is 114 Å². The lowest BCUT2D eigenvalue weighted by Gasteiger charge is -2.17. The van der Waals surface area contributed by atoms with E-state index in [1.54, 1.807) is 48.0 Å². The Morgan fingerprint density at radius 1 is 0.627 bits per heavy atom. The predicted octanol–water partition coefficient (Wildman–Crippen LogP) is 4.53. The average Bonchev–Trinajstić information content (AvgIpc) is 3.62. The quantitative estimate of drug-likeness (QED) is 0.116. The number of ketones is 2. The molecule has 3 fully saturated rings. The lowest BCUT2D eigenvalue weighted by atomic mass is 10.00. The number of amides is 4. The number of nitrogens with zero attached hydrogens (tertiary/aromatic N) is 6. The number of benzene rings is 1. The second-order valence-corrected chi connectivity index (χ2v) is 14.8. The minimum Gasteiger partial charge on any atom is -0.344 e. The van der Waals surface area contributed by atoms with Gasteiger partial charge in [-0.15, -0.1) is 0 Å². The summed E-state index contributed by atoms with van der Waals surface area (Å²) in [6.45, 7) is 14.0. The van der Waals surface area contributed by atoms with Gasteiger partial charge >= 0.3 is 0 Å². The summed E-state index contributed by atoms with van der Waals surface area (Å²) >= 11 is 0. The van der Waals surface area contributed by atoms with Crippen molar-refractivity contribution in [2.75, 3.05) is 60.5 Å². The third kappa shape index (κ3) is 18.1. The maximum absolute atomic E-state index is 11.8. The minimum absolute atomic E-state index is 0. The molecule has 0 aromatic heterocycles. The van der Waals surface area contributed by atoms with Crippen LogP contribution in [0.15, 0.2) is 24.3 Å². The van der Waals surface area contributed by atoms with E-state index in [0.29, 0.717) is 63.6 Å². The van der Waals surface area contributed by atoms with E-state index in [2.05, 4.69) is 10.6 Å². The van der Waals surface area contributed by atoms with Crippen molar-refractivity contribution in [1.82, 2.24) is 40.0 Å². The molecule has 17 nitrogen and oxygen atoms in total. The third-order valence-electron chi connectivity index (χ3n) is 9.01. The maximum Gasteiger partial charge on any atom is 0.249 e. The Balaban J connectivity index is -0.000000776. The van der Waals surface area contributed by atoms with Crippen molar-refractivity contribution >= 4 is 53.1 Å². The number of hydrogen-bond acceptors (Lipinski definition) is 10. The van der Waals surface area contributed by atoms with Gasteiger partial charge in [0.1, 0.15) is 5.78 Å². The van der Waals surface area contributed by atoms with E-state index in [4.69, 9.17) is 16.2 Å². The van der Waals surface area contributed by atoms with E-state index >= 15 is 0 Å². The monoisotopic (exact) mass is 832 g/mol. The van der Waals surface area contributed by atoms with Crippen LogP contribution in [0.25, 0.3) is 0 Å². The van der Waals surface area contributed by atoms with Gasteiger partial charge in [0.15, 0.2) is 5.78 Å². The maximum atomic E-state index is 11.8. The van der Waals surface area contributed by atoms with Crippen LogP contribution in [0.1, 0.15) is 113 Å². The summed E-state index contributed by atoms with van der Waals surface area (Å²) in [5, 5.41) is 29.0. The number of rotatable bonds is 16. The fourth-order valence-electron chi connectivity index (χ4n) is 5.52. The van der Waals surface area contributed by atoms with Gasteiger partial charge in [-0.25, -0.2) is 0 Å². The Kier molecular flexibility index (Phi) is 27.1. The number of guanidine groups is 3. The van der Waals surface area contributed by atoms with Crippen LogP contribution in [-0.2, 0) is 30.5 Å². The molecular formula is C42H77N11O6. The van der Waals surface area contributed by atoms with Crippen molar-refractivity contribution in [1.29, 1.82) is 16.2 Å². The molecule has 3 aliphatic heterocycles. The van der Waals surface area contributed by atoms with Crippen molar-refractivity contribution in [2.24, 2.45) is 11.8 Å². The van der Waals surface area contributed by atoms with Gasteiger partial charge in [0, 0.05) is 70.5 Å². The Hall–Kier alpha value is -5.19. The smallest absolute Gasteiger partial charge is 0.249 e. The second kappa shape index (κ2) is 27.5. The summed E-state index contributed by atoms with van der Waals surface area (Å²) < 4.78 is 0. The molecule has 4 amide bonds. The minimum atomic E-state index is -0.0746. The van der Waals surface area contributed by atoms with Crippen LogP contribution in [-0.4, -0.2) is 149 Å². The molecule has 0 spiro atoms. The van der Waals surface area contributed by atoms with Crippen LogP contribution < -0.4 is 10.6 Å². The van der Waals surface area contributed by atoms with Crippen LogP contribution in [0.3, 0.4) is 0 Å². The molecule has 4 rings (SSSR count). The van der Waals surface area contributed by atoms with Gasteiger partial charge < -0.3 is 20.0 Å². The summed E-state index contributed by atoms with van der Waals surface area (Å²) in [4.78, 5) is 78.6. The lowest BCUT2D eigenvalue weighted by Crippen LogP contribution is -2.38. The Morgan fingerprint density at radius 2 is 1.03 bits per heavy atom. The third-order valence-corrected chi connectivity index (χ3v) is 9.01. The number of hydrogen-bond donors (Lipinski definition) is 5. The number of nitrogens with one attached hydrogen (secondary N) is 5. The van der Waals surface area contributed by atoms with Gasteiger partial charge in [-0.2, -0.15) is 0 Å². The normalized spacial score (nSPS) is 14.7. The van der Waals surface area contributed by atoms with E-state index in [1.165, 1.54) is 14.7 Å². The summed E-state index contributed by atoms with van der Waals surface area (Å²) in [7, 11) is 5.16. The molecule has 0 aliphatic carbocycles. The number of carbonyl (C=O) groups is 6. The van der Waals surface area contributed by atoms with Gasteiger partial charge in [0.05, 0.1) is 32.8 Å². The molecule has 0 atom stereocenters. The van der Waals surface area contributed by atoms with Crippen LogP contribution in [0, 0.1) is 28.1 Å². The molecule has 0 unspecified atom stereocenters. The topological polar surface area (TPSA) is 217 Å². The van der Waals surface area contributed by atoms with E-state index in [9.17, 15) is 28.8 Å².